The molecule has 1 aliphatic rings. The quantitative estimate of drug-likeness (QED) is 0.886. The van der Waals surface area contributed by atoms with E-state index in [9.17, 15) is 0 Å². The van der Waals surface area contributed by atoms with Crippen molar-refractivity contribution in [1.82, 2.24) is 10.2 Å². The number of benzene rings is 1. The normalized spacial score (nSPS) is 17.9. The minimum absolute atomic E-state index is 0.301. The molecular formula is C18H30N2. The second-order valence-corrected chi connectivity index (χ2v) is 6.57. The van der Waals surface area contributed by atoms with Crippen LogP contribution in [0.5, 0.6) is 0 Å². The molecule has 1 aromatic carbocycles. The zero-order chi connectivity index (χ0) is 14.4. The van der Waals surface area contributed by atoms with E-state index in [0.29, 0.717) is 5.54 Å². The summed E-state index contributed by atoms with van der Waals surface area (Å²) in [5, 5.41) is 3.49. The summed E-state index contributed by atoms with van der Waals surface area (Å²) >= 11 is 0. The van der Waals surface area contributed by atoms with Crippen molar-refractivity contribution < 1.29 is 0 Å². The van der Waals surface area contributed by atoms with E-state index in [-0.39, 0.29) is 0 Å². The molecule has 112 valence electrons. The Morgan fingerprint density at radius 3 is 2.45 bits per heavy atom. The maximum absolute atomic E-state index is 3.49. The van der Waals surface area contributed by atoms with Gasteiger partial charge in [0, 0.05) is 18.6 Å². The summed E-state index contributed by atoms with van der Waals surface area (Å²) in [6.45, 7) is 11.7. The predicted molar refractivity (Wildman–Crippen MR) is 87.3 cm³/mol. The Balaban J connectivity index is 1.89. The third-order valence-electron chi connectivity index (χ3n) is 4.65. The fraction of sp³-hybridized carbons (Fsp3) is 0.667. The first-order valence-corrected chi connectivity index (χ1v) is 8.15. The monoisotopic (exact) mass is 274 g/mol. The lowest BCUT2D eigenvalue weighted by atomic mass is 9.92. The van der Waals surface area contributed by atoms with Crippen LogP contribution in [0.3, 0.4) is 0 Å². The van der Waals surface area contributed by atoms with E-state index in [2.05, 4.69) is 55.3 Å². The Bertz CT molecular complexity index is 386. The SMILES string of the molecule is CCc1ccc(CCC(C)(C)N2CCCNCC2)cc1. The molecule has 2 heteroatoms. The molecule has 1 saturated heterocycles. The molecule has 0 aromatic heterocycles. The maximum Gasteiger partial charge on any atom is 0.0156 e. The highest BCUT2D eigenvalue weighted by atomic mass is 15.2. The predicted octanol–water partition coefficient (Wildman–Crippen LogP) is 3.26. The molecule has 2 rings (SSSR count). The van der Waals surface area contributed by atoms with Crippen LogP contribution in [0.1, 0.15) is 44.7 Å². The highest BCUT2D eigenvalue weighted by Crippen LogP contribution is 2.22. The third-order valence-corrected chi connectivity index (χ3v) is 4.65. The van der Waals surface area contributed by atoms with E-state index >= 15 is 0 Å². The molecule has 2 nitrogen and oxygen atoms in total. The van der Waals surface area contributed by atoms with Gasteiger partial charge in [0.05, 0.1) is 0 Å². The highest BCUT2D eigenvalue weighted by molar-refractivity contribution is 5.22. The first kappa shape index (κ1) is 15.5. The molecule has 0 aliphatic carbocycles. The Kier molecular flexibility index (Phi) is 5.62. The van der Waals surface area contributed by atoms with Crippen LogP contribution in [0.25, 0.3) is 0 Å². The van der Waals surface area contributed by atoms with Gasteiger partial charge in [-0.1, -0.05) is 31.2 Å². The summed E-state index contributed by atoms with van der Waals surface area (Å²) < 4.78 is 0. The minimum atomic E-state index is 0.301. The Morgan fingerprint density at radius 2 is 1.75 bits per heavy atom. The molecule has 0 amide bonds. The molecule has 1 heterocycles. The van der Waals surface area contributed by atoms with Gasteiger partial charge in [0.25, 0.3) is 0 Å². The Morgan fingerprint density at radius 1 is 1.05 bits per heavy atom. The van der Waals surface area contributed by atoms with Gasteiger partial charge >= 0.3 is 0 Å². The molecule has 0 atom stereocenters. The zero-order valence-corrected chi connectivity index (χ0v) is 13.4. The van der Waals surface area contributed by atoms with Crippen LogP contribution >= 0.6 is 0 Å². The average Bonchev–Trinajstić information content (AvgIpc) is 2.75. The van der Waals surface area contributed by atoms with Crippen molar-refractivity contribution in [3.8, 4) is 0 Å². The van der Waals surface area contributed by atoms with Crippen LogP contribution < -0.4 is 5.32 Å². The van der Waals surface area contributed by atoms with Gasteiger partial charge in [-0.3, -0.25) is 4.90 Å². The zero-order valence-electron chi connectivity index (χ0n) is 13.4. The second kappa shape index (κ2) is 7.24. The van der Waals surface area contributed by atoms with Gasteiger partial charge in [-0.15, -0.1) is 0 Å². The Hall–Kier alpha value is -0.860. The molecule has 1 fully saturated rings. The van der Waals surface area contributed by atoms with Crippen molar-refractivity contribution >= 4 is 0 Å². The molecule has 0 saturated carbocycles. The van der Waals surface area contributed by atoms with Crippen LogP contribution in [0.2, 0.25) is 0 Å². The molecular weight excluding hydrogens is 244 g/mol. The topological polar surface area (TPSA) is 15.3 Å². The van der Waals surface area contributed by atoms with Crippen molar-refractivity contribution in [2.24, 2.45) is 0 Å². The lowest BCUT2D eigenvalue weighted by Gasteiger charge is -2.38. The first-order chi connectivity index (χ1) is 9.62. The molecule has 1 aliphatic heterocycles. The van der Waals surface area contributed by atoms with Gasteiger partial charge in [0.2, 0.25) is 0 Å². The summed E-state index contributed by atoms with van der Waals surface area (Å²) in [5.41, 5.74) is 3.21. The average molecular weight is 274 g/mol. The molecule has 1 aromatic rings. The van der Waals surface area contributed by atoms with Crippen molar-refractivity contribution in [3.05, 3.63) is 35.4 Å². The van der Waals surface area contributed by atoms with Crippen molar-refractivity contribution in [3.63, 3.8) is 0 Å². The van der Waals surface area contributed by atoms with Gasteiger partial charge in [-0.05, 0) is 63.7 Å². The summed E-state index contributed by atoms with van der Waals surface area (Å²) in [6, 6.07) is 9.16. The van der Waals surface area contributed by atoms with Crippen LogP contribution in [-0.2, 0) is 12.8 Å². The van der Waals surface area contributed by atoms with Gasteiger partial charge in [-0.25, -0.2) is 0 Å². The standard InChI is InChI=1S/C18H30N2/c1-4-16-6-8-17(9-7-16)10-11-18(2,3)20-14-5-12-19-13-15-20/h6-9,19H,4-5,10-15H2,1-3H3. The molecule has 0 unspecified atom stereocenters. The van der Waals surface area contributed by atoms with Gasteiger partial charge in [0.1, 0.15) is 0 Å². The van der Waals surface area contributed by atoms with Gasteiger partial charge in [-0.2, -0.15) is 0 Å². The van der Waals surface area contributed by atoms with E-state index in [4.69, 9.17) is 0 Å². The van der Waals surface area contributed by atoms with Crippen molar-refractivity contribution in [2.45, 2.75) is 52.0 Å². The second-order valence-electron chi connectivity index (χ2n) is 6.57. The third kappa shape index (κ3) is 4.32. The lowest BCUT2D eigenvalue weighted by molar-refractivity contribution is 0.120. The van der Waals surface area contributed by atoms with E-state index in [0.717, 1.165) is 13.0 Å². The molecule has 0 bridgehead atoms. The van der Waals surface area contributed by atoms with Crippen molar-refractivity contribution in [1.29, 1.82) is 0 Å². The van der Waals surface area contributed by atoms with Gasteiger partial charge < -0.3 is 5.32 Å². The van der Waals surface area contributed by atoms with E-state index in [1.807, 2.05) is 0 Å². The largest absolute Gasteiger partial charge is 0.315 e. The van der Waals surface area contributed by atoms with E-state index in [1.54, 1.807) is 0 Å². The number of nitrogens with one attached hydrogen (secondary N) is 1. The molecule has 1 N–H and O–H groups in total. The number of nitrogens with zero attached hydrogens (tertiary/aromatic N) is 1. The van der Waals surface area contributed by atoms with Gasteiger partial charge in [0.15, 0.2) is 0 Å². The van der Waals surface area contributed by atoms with Crippen LogP contribution in [0.15, 0.2) is 24.3 Å². The smallest absolute Gasteiger partial charge is 0.0156 e. The summed E-state index contributed by atoms with van der Waals surface area (Å²) in [7, 11) is 0. The highest BCUT2D eigenvalue weighted by Gasteiger charge is 2.26. The number of rotatable bonds is 5. The van der Waals surface area contributed by atoms with Crippen LogP contribution in [-0.4, -0.2) is 36.6 Å². The number of hydrogen-bond acceptors (Lipinski definition) is 2. The van der Waals surface area contributed by atoms with Crippen LogP contribution in [0.4, 0.5) is 0 Å². The molecule has 0 radical (unpaired) electrons. The Labute approximate surface area is 124 Å². The fourth-order valence-electron chi connectivity index (χ4n) is 3.00. The molecule has 20 heavy (non-hydrogen) atoms. The minimum Gasteiger partial charge on any atom is -0.315 e. The molecule has 0 spiro atoms. The summed E-state index contributed by atoms with van der Waals surface area (Å²) in [6.07, 6.45) is 4.82. The van der Waals surface area contributed by atoms with Crippen molar-refractivity contribution in [2.75, 3.05) is 26.2 Å². The number of hydrogen-bond donors (Lipinski definition) is 1. The maximum atomic E-state index is 3.49. The first-order valence-electron chi connectivity index (χ1n) is 8.15. The van der Waals surface area contributed by atoms with Crippen LogP contribution in [0, 0.1) is 0 Å². The van der Waals surface area contributed by atoms with E-state index in [1.165, 1.54) is 50.0 Å². The summed E-state index contributed by atoms with van der Waals surface area (Å²) in [5.74, 6) is 0. The number of aryl methyl sites for hydroxylation is 2. The summed E-state index contributed by atoms with van der Waals surface area (Å²) in [4.78, 5) is 2.66. The lowest BCUT2D eigenvalue weighted by Crippen LogP contribution is -2.46. The fourth-order valence-corrected chi connectivity index (χ4v) is 3.00. The van der Waals surface area contributed by atoms with E-state index < -0.39 is 0 Å².